The molecule has 2 amide bonds. The highest BCUT2D eigenvalue weighted by Crippen LogP contribution is 2.59. The summed E-state index contributed by atoms with van der Waals surface area (Å²) >= 11 is 0. The van der Waals surface area contributed by atoms with E-state index >= 15 is 0 Å². The van der Waals surface area contributed by atoms with Crippen LogP contribution in [-0.4, -0.2) is 39.8 Å². The predicted octanol–water partition coefficient (Wildman–Crippen LogP) is 2.07. The topological polar surface area (TPSA) is 87.1 Å². The zero-order chi connectivity index (χ0) is 18.8. The molecule has 2 heterocycles. The Bertz CT molecular complexity index is 762. The van der Waals surface area contributed by atoms with E-state index in [0.29, 0.717) is 18.4 Å². The van der Waals surface area contributed by atoms with Gasteiger partial charge in [0.25, 0.3) is 0 Å². The van der Waals surface area contributed by atoms with E-state index in [1.807, 2.05) is 19.9 Å². The molecule has 0 unspecified atom stereocenters. The third-order valence-corrected chi connectivity index (χ3v) is 6.59. The van der Waals surface area contributed by atoms with E-state index in [-0.39, 0.29) is 29.4 Å². The summed E-state index contributed by atoms with van der Waals surface area (Å²) in [7, 11) is 1.52. The molecule has 1 saturated carbocycles. The molecule has 2 saturated heterocycles. The standard InChI is InChI=1S/C20H25NO5/c1-10(2)13-8-12-17(19(24)21(3)18(12)23)14-9-16(26-20(13,14)25)11-6-4-5-7-15(11)22/h4-7,10,12-14,16-17,22,25H,8-9H2,1-3H3/t12-,13+,14-,16-,17-,20+/m0/s1. The lowest BCUT2D eigenvalue weighted by molar-refractivity contribution is -0.276. The SMILES string of the molecule is CC(C)[C@H]1C[C@@H]2C(=O)N(C)C(=O)[C@@H]2[C@@H]2C[C@@H](c3ccccc3O)O[C@]12O. The van der Waals surface area contributed by atoms with E-state index in [0.717, 1.165) is 0 Å². The number of amides is 2. The summed E-state index contributed by atoms with van der Waals surface area (Å²) in [5.41, 5.74) is 0.611. The largest absolute Gasteiger partial charge is 0.508 e. The van der Waals surface area contributed by atoms with Gasteiger partial charge in [0.2, 0.25) is 11.8 Å². The van der Waals surface area contributed by atoms with Gasteiger partial charge >= 0.3 is 0 Å². The zero-order valence-corrected chi connectivity index (χ0v) is 15.3. The van der Waals surface area contributed by atoms with Crippen molar-refractivity contribution in [3.63, 3.8) is 0 Å². The minimum Gasteiger partial charge on any atom is -0.508 e. The smallest absolute Gasteiger partial charge is 0.233 e. The number of hydrogen-bond acceptors (Lipinski definition) is 5. The molecular weight excluding hydrogens is 334 g/mol. The molecule has 2 N–H and O–H groups in total. The Morgan fingerprint density at radius 1 is 1.19 bits per heavy atom. The maximum atomic E-state index is 12.7. The van der Waals surface area contributed by atoms with Gasteiger partial charge in [0.05, 0.1) is 17.9 Å². The molecule has 1 aromatic carbocycles. The first kappa shape index (κ1) is 17.5. The molecule has 0 spiro atoms. The van der Waals surface area contributed by atoms with Crippen LogP contribution in [0.25, 0.3) is 0 Å². The number of carbonyl (C=O) groups excluding carboxylic acids is 2. The Morgan fingerprint density at radius 3 is 2.54 bits per heavy atom. The van der Waals surface area contributed by atoms with E-state index in [9.17, 15) is 19.8 Å². The predicted molar refractivity (Wildman–Crippen MR) is 92.7 cm³/mol. The number of rotatable bonds is 2. The molecule has 1 aromatic rings. The number of aliphatic hydroxyl groups is 1. The summed E-state index contributed by atoms with van der Waals surface area (Å²) in [6, 6.07) is 6.91. The van der Waals surface area contributed by atoms with Crippen molar-refractivity contribution >= 4 is 11.8 Å². The summed E-state index contributed by atoms with van der Waals surface area (Å²) in [4.78, 5) is 26.5. The Labute approximate surface area is 152 Å². The first-order chi connectivity index (χ1) is 12.3. The van der Waals surface area contributed by atoms with Gasteiger partial charge in [-0.25, -0.2) is 0 Å². The van der Waals surface area contributed by atoms with Gasteiger partial charge in [-0.15, -0.1) is 0 Å². The van der Waals surface area contributed by atoms with Crippen LogP contribution in [0.3, 0.4) is 0 Å². The van der Waals surface area contributed by atoms with Crippen molar-refractivity contribution < 1.29 is 24.5 Å². The number of aromatic hydroxyl groups is 1. The number of carbonyl (C=O) groups is 2. The Hall–Kier alpha value is -1.92. The number of likely N-dealkylation sites (tertiary alicyclic amines) is 1. The second-order valence-electron chi connectivity index (χ2n) is 8.21. The van der Waals surface area contributed by atoms with E-state index in [1.165, 1.54) is 11.9 Å². The van der Waals surface area contributed by atoms with Crippen molar-refractivity contribution in [2.24, 2.45) is 29.6 Å². The monoisotopic (exact) mass is 359 g/mol. The molecule has 3 fully saturated rings. The van der Waals surface area contributed by atoms with Crippen molar-refractivity contribution in [3.8, 4) is 5.75 Å². The van der Waals surface area contributed by atoms with E-state index in [1.54, 1.807) is 18.2 Å². The van der Waals surface area contributed by atoms with Gasteiger partial charge in [-0.1, -0.05) is 32.0 Å². The van der Waals surface area contributed by atoms with Crippen molar-refractivity contribution in [2.45, 2.75) is 38.6 Å². The third-order valence-electron chi connectivity index (χ3n) is 6.59. The summed E-state index contributed by atoms with van der Waals surface area (Å²) in [6.07, 6.45) is 0.350. The molecule has 1 aliphatic carbocycles. The van der Waals surface area contributed by atoms with Crippen molar-refractivity contribution in [3.05, 3.63) is 29.8 Å². The summed E-state index contributed by atoms with van der Waals surface area (Å²) in [5, 5.41) is 21.7. The summed E-state index contributed by atoms with van der Waals surface area (Å²) < 4.78 is 6.13. The maximum Gasteiger partial charge on any atom is 0.233 e. The molecule has 0 bridgehead atoms. The number of benzene rings is 1. The number of phenolic OH excluding ortho intramolecular Hbond substituents is 1. The number of ether oxygens (including phenoxy) is 1. The minimum atomic E-state index is -1.47. The highest BCUT2D eigenvalue weighted by molar-refractivity contribution is 6.05. The van der Waals surface area contributed by atoms with E-state index in [4.69, 9.17) is 4.74 Å². The molecule has 140 valence electrons. The van der Waals surface area contributed by atoms with Crippen LogP contribution >= 0.6 is 0 Å². The lowest BCUT2D eigenvalue weighted by Gasteiger charge is -2.46. The second kappa shape index (κ2) is 5.79. The second-order valence-corrected chi connectivity index (χ2v) is 8.21. The molecule has 6 atom stereocenters. The molecule has 0 aromatic heterocycles. The van der Waals surface area contributed by atoms with Crippen molar-refractivity contribution in [2.75, 3.05) is 7.05 Å². The number of nitrogens with zero attached hydrogens (tertiary/aromatic N) is 1. The van der Waals surface area contributed by atoms with Gasteiger partial charge in [-0.3, -0.25) is 14.5 Å². The minimum absolute atomic E-state index is 0.0976. The lowest BCUT2D eigenvalue weighted by atomic mass is 9.62. The fourth-order valence-electron chi connectivity index (χ4n) is 5.28. The van der Waals surface area contributed by atoms with Crippen LogP contribution in [0.5, 0.6) is 5.75 Å². The first-order valence-corrected chi connectivity index (χ1v) is 9.25. The third kappa shape index (κ3) is 2.25. The first-order valence-electron chi connectivity index (χ1n) is 9.25. The van der Waals surface area contributed by atoms with Gasteiger partial charge in [-0.2, -0.15) is 0 Å². The Kier molecular flexibility index (Phi) is 3.90. The van der Waals surface area contributed by atoms with Crippen LogP contribution in [0.4, 0.5) is 0 Å². The number of imide groups is 1. The maximum absolute atomic E-state index is 12.7. The molecule has 3 aliphatic rings. The highest BCUT2D eigenvalue weighted by atomic mass is 16.6. The normalized spacial score (nSPS) is 39.4. The molecule has 4 rings (SSSR count). The van der Waals surface area contributed by atoms with E-state index in [2.05, 4.69) is 0 Å². The zero-order valence-electron chi connectivity index (χ0n) is 15.3. The number of hydrogen-bond donors (Lipinski definition) is 2. The summed E-state index contributed by atoms with van der Waals surface area (Å²) in [5.74, 6) is -3.29. The Balaban J connectivity index is 1.76. The highest BCUT2D eigenvalue weighted by Gasteiger charge is 2.66. The number of fused-ring (bicyclic) bond motifs is 3. The average molecular weight is 359 g/mol. The van der Waals surface area contributed by atoms with Crippen LogP contribution in [0.1, 0.15) is 38.4 Å². The van der Waals surface area contributed by atoms with Crippen molar-refractivity contribution in [1.29, 1.82) is 0 Å². The fourth-order valence-corrected chi connectivity index (χ4v) is 5.28. The van der Waals surface area contributed by atoms with Crippen LogP contribution in [0, 0.1) is 29.6 Å². The number of phenols is 1. The molecule has 2 aliphatic heterocycles. The average Bonchev–Trinajstić information content (AvgIpc) is 3.05. The van der Waals surface area contributed by atoms with Gasteiger partial charge < -0.3 is 14.9 Å². The molecule has 0 radical (unpaired) electrons. The fraction of sp³-hybridized carbons (Fsp3) is 0.600. The van der Waals surface area contributed by atoms with Crippen LogP contribution in [0.15, 0.2) is 24.3 Å². The molecule has 26 heavy (non-hydrogen) atoms. The van der Waals surface area contributed by atoms with Crippen LogP contribution in [-0.2, 0) is 14.3 Å². The summed E-state index contributed by atoms with van der Waals surface area (Å²) in [6.45, 7) is 4.00. The van der Waals surface area contributed by atoms with Crippen LogP contribution in [0.2, 0.25) is 0 Å². The van der Waals surface area contributed by atoms with Gasteiger partial charge in [-0.05, 0) is 24.8 Å². The van der Waals surface area contributed by atoms with E-state index < -0.39 is 29.6 Å². The van der Waals surface area contributed by atoms with Gasteiger partial charge in [0, 0.05) is 24.4 Å². The van der Waals surface area contributed by atoms with Gasteiger partial charge in [0.15, 0.2) is 5.79 Å². The number of para-hydroxylation sites is 1. The lowest BCUT2D eigenvalue weighted by Crippen LogP contribution is -2.55. The molecule has 6 nitrogen and oxygen atoms in total. The molecular formula is C20H25NO5. The Morgan fingerprint density at radius 2 is 1.88 bits per heavy atom. The van der Waals surface area contributed by atoms with Crippen LogP contribution < -0.4 is 0 Å². The molecule has 6 heteroatoms. The quantitative estimate of drug-likeness (QED) is 0.790. The van der Waals surface area contributed by atoms with Crippen molar-refractivity contribution in [1.82, 2.24) is 4.90 Å². The van der Waals surface area contributed by atoms with Gasteiger partial charge in [0.1, 0.15) is 5.75 Å².